The molecule has 104 valence electrons. The molecule has 19 heavy (non-hydrogen) atoms. The number of hydrogen-bond donors (Lipinski definition) is 3. The number of benzene rings is 1. The van der Waals surface area contributed by atoms with Crippen LogP contribution in [0.25, 0.3) is 0 Å². The van der Waals surface area contributed by atoms with Crippen LogP contribution in [0.5, 0.6) is 0 Å². The molecule has 0 atom stereocenters. The van der Waals surface area contributed by atoms with Gasteiger partial charge in [0, 0.05) is 17.6 Å². The predicted octanol–water partition coefficient (Wildman–Crippen LogP) is 2.66. The summed E-state index contributed by atoms with van der Waals surface area (Å²) in [5.74, 6) is -0.905. The molecule has 1 saturated carbocycles. The molecule has 0 saturated heterocycles. The van der Waals surface area contributed by atoms with E-state index >= 15 is 0 Å². The highest BCUT2D eigenvalue weighted by Gasteiger charge is 2.32. The summed E-state index contributed by atoms with van der Waals surface area (Å²) in [6.07, 6.45) is 4.48. The Bertz CT molecular complexity index is 464. The van der Waals surface area contributed by atoms with Gasteiger partial charge in [0.25, 0.3) is 0 Å². The van der Waals surface area contributed by atoms with Crippen molar-refractivity contribution < 1.29 is 15.0 Å². The second kappa shape index (κ2) is 5.61. The molecular weight excluding hydrogens is 242 g/mol. The number of carboxylic acid groups (broad SMARTS) is 1. The van der Waals surface area contributed by atoms with Gasteiger partial charge < -0.3 is 15.5 Å². The van der Waals surface area contributed by atoms with Crippen LogP contribution in [-0.4, -0.2) is 29.3 Å². The summed E-state index contributed by atoms with van der Waals surface area (Å²) in [6, 6.07) is 5.08. The molecule has 0 bridgehead atoms. The molecule has 0 spiro atoms. The fourth-order valence-corrected chi connectivity index (χ4v) is 2.79. The van der Waals surface area contributed by atoms with Crippen LogP contribution in [0.1, 0.15) is 41.6 Å². The highest BCUT2D eigenvalue weighted by Crippen LogP contribution is 2.37. The van der Waals surface area contributed by atoms with Crippen molar-refractivity contribution in [3.63, 3.8) is 0 Å². The van der Waals surface area contributed by atoms with E-state index in [1.54, 1.807) is 18.2 Å². The van der Waals surface area contributed by atoms with Gasteiger partial charge in [0.1, 0.15) is 0 Å². The lowest BCUT2D eigenvalue weighted by molar-refractivity contribution is 0.0697. The Morgan fingerprint density at radius 3 is 2.58 bits per heavy atom. The first kappa shape index (κ1) is 13.9. The van der Waals surface area contributed by atoms with E-state index in [9.17, 15) is 9.90 Å². The van der Waals surface area contributed by atoms with Crippen LogP contribution < -0.4 is 5.32 Å². The fourth-order valence-electron chi connectivity index (χ4n) is 2.79. The summed E-state index contributed by atoms with van der Waals surface area (Å²) in [4.78, 5) is 10.9. The Labute approximate surface area is 113 Å². The smallest absolute Gasteiger partial charge is 0.335 e. The van der Waals surface area contributed by atoms with E-state index in [1.807, 2.05) is 6.92 Å². The number of aliphatic hydroxyl groups excluding tert-OH is 1. The third-order valence-electron chi connectivity index (χ3n) is 4.13. The quantitative estimate of drug-likeness (QED) is 0.764. The van der Waals surface area contributed by atoms with Gasteiger partial charge in [-0.15, -0.1) is 0 Å². The van der Waals surface area contributed by atoms with Gasteiger partial charge in [-0.3, -0.25) is 0 Å². The summed E-state index contributed by atoms with van der Waals surface area (Å²) >= 11 is 0. The lowest BCUT2D eigenvalue weighted by atomic mass is 9.87. The van der Waals surface area contributed by atoms with E-state index in [0.717, 1.165) is 30.6 Å². The number of nitrogens with one attached hydrogen (secondary N) is 1. The first-order valence-electron chi connectivity index (χ1n) is 6.75. The van der Waals surface area contributed by atoms with Crippen LogP contribution >= 0.6 is 0 Å². The topological polar surface area (TPSA) is 69.6 Å². The van der Waals surface area contributed by atoms with Crippen LogP contribution in [0.4, 0.5) is 5.69 Å². The number of aliphatic hydroxyl groups is 1. The van der Waals surface area contributed by atoms with Crippen LogP contribution in [0.15, 0.2) is 18.2 Å². The zero-order valence-electron chi connectivity index (χ0n) is 11.3. The summed E-state index contributed by atoms with van der Waals surface area (Å²) < 4.78 is 0. The Balaban J connectivity index is 2.05. The van der Waals surface area contributed by atoms with E-state index in [2.05, 4.69) is 5.32 Å². The van der Waals surface area contributed by atoms with Crippen molar-refractivity contribution in [3.8, 4) is 0 Å². The second-order valence-corrected chi connectivity index (χ2v) is 5.55. The minimum absolute atomic E-state index is 0.00207. The molecule has 1 aliphatic rings. The number of hydrogen-bond acceptors (Lipinski definition) is 3. The third kappa shape index (κ3) is 3.07. The lowest BCUT2D eigenvalue weighted by Gasteiger charge is -2.27. The summed E-state index contributed by atoms with van der Waals surface area (Å²) in [6.45, 7) is 2.86. The van der Waals surface area contributed by atoms with Crippen LogP contribution in [0.3, 0.4) is 0 Å². The maximum atomic E-state index is 10.9. The highest BCUT2D eigenvalue weighted by molar-refractivity contribution is 5.88. The largest absolute Gasteiger partial charge is 0.478 e. The Morgan fingerprint density at radius 1 is 1.37 bits per heavy atom. The van der Waals surface area contributed by atoms with Crippen molar-refractivity contribution in [2.75, 3.05) is 18.5 Å². The SMILES string of the molecule is Cc1cc(C(=O)O)ccc1NCC1(CO)CCCC1. The van der Waals surface area contributed by atoms with Crippen molar-refractivity contribution in [1.29, 1.82) is 0 Å². The molecule has 0 aliphatic heterocycles. The van der Waals surface area contributed by atoms with Gasteiger partial charge in [0.15, 0.2) is 0 Å². The zero-order valence-corrected chi connectivity index (χ0v) is 11.3. The van der Waals surface area contributed by atoms with Gasteiger partial charge in [-0.25, -0.2) is 4.79 Å². The monoisotopic (exact) mass is 263 g/mol. The number of aryl methyl sites for hydroxylation is 1. The number of aromatic carboxylic acids is 1. The van der Waals surface area contributed by atoms with E-state index in [-0.39, 0.29) is 12.0 Å². The molecule has 1 aliphatic carbocycles. The van der Waals surface area contributed by atoms with Gasteiger partial charge in [-0.2, -0.15) is 0 Å². The fraction of sp³-hybridized carbons (Fsp3) is 0.533. The maximum absolute atomic E-state index is 10.9. The van der Waals surface area contributed by atoms with Gasteiger partial charge in [-0.05, 0) is 43.5 Å². The van der Waals surface area contributed by atoms with E-state index in [4.69, 9.17) is 5.11 Å². The van der Waals surface area contributed by atoms with Crippen molar-refractivity contribution in [1.82, 2.24) is 0 Å². The molecule has 4 heteroatoms. The van der Waals surface area contributed by atoms with Crippen molar-refractivity contribution >= 4 is 11.7 Å². The van der Waals surface area contributed by atoms with Crippen molar-refractivity contribution in [2.24, 2.45) is 5.41 Å². The predicted molar refractivity (Wildman–Crippen MR) is 74.6 cm³/mol. The van der Waals surface area contributed by atoms with Crippen LogP contribution in [-0.2, 0) is 0 Å². The number of rotatable bonds is 5. The minimum Gasteiger partial charge on any atom is -0.478 e. The van der Waals surface area contributed by atoms with Crippen molar-refractivity contribution in [2.45, 2.75) is 32.6 Å². The summed E-state index contributed by atoms with van der Waals surface area (Å²) in [7, 11) is 0. The standard InChI is InChI=1S/C15H21NO3/c1-11-8-12(14(18)19)4-5-13(11)16-9-15(10-17)6-2-3-7-15/h4-5,8,16-17H,2-3,6-7,9-10H2,1H3,(H,18,19). The average molecular weight is 263 g/mol. The molecule has 0 radical (unpaired) electrons. The van der Waals surface area contributed by atoms with Crippen LogP contribution in [0.2, 0.25) is 0 Å². The number of carboxylic acids is 1. The molecule has 0 heterocycles. The first-order valence-corrected chi connectivity index (χ1v) is 6.75. The molecule has 1 aromatic carbocycles. The molecule has 0 aromatic heterocycles. The Morgan fingerprint density at radius 2 is 2.05 bits per heavy atom. The average Bonchev–Trinajstić information content (AvgIpc) is 2.86. The van der Waals surface area contributed by atoms with E-state index in [1.165, 1.54) is 12.8 Å². The Hall–Kier alpha value is -1.55. The molecule has 0 unspecified atom stereocenters. The first-order chi connectivity index (χ1) is 9.06. The normalized spacial score (nSPS) is 17.4. The van der Waals surface area contributed by atoms with Gasteiger partial charge in [0.2, 0.25) is 0 Å². The molecule has 0 amide bonds. The summed E-state index contributed by atoms with van der Waals surface area (Å²) in [5.41, 5.74) is 2.18. The molecule has 3 N–H and O–H groups in total. The molecular formula is C15H21NO3. The number of carbonyl (C=O) groups is 1. The van der Waals surface area contributed by atoms with Gasteiger partial charge >= 0.3 is 5.97 Å². The van der Waals surface area contributed by atoms with E-state index in [0.29, 0.717) is 5.56 Å². The molecule has 4 nitrogen and oxygen atoms in total. The Kier molecular flexibility index (Phi) is 4.10. The second-order valence-electron chi connectivity index (χ2n) is 5.55. The van der Waals surface area contributed by atoms with E-state index < -0.39 is 5.97 Å². The zero-order chi connectivity index (χ0) is 13.9. The third-order valence-corrected chi connectivity index (χ3v) is 4.13. The highest BCUT2D eigenvalue weighted by atomic mass is 16.4. The summed E-state index contributed by atoms with van der Waals surface area (Å²) in [5, 5.41) is 21.9. The van der Waals surface area contributed by atoms with Crippen LogP contribution in [0, 0.1) is 12.3 Å². The molecule has 1 fully saturated rings. The number of anilines is 1. The maximum Gasteiger partial charge on any atom is 0.335 e. The van der Waals surface area contributed by atoms with Gasteiger partial charge in [-0.1, -0.05) is 12.8 Å². The molecule has 1 aromatic rings. The molecule has 2 rings (SSSR count). The minimum atomic E-state index is -0.905. The van der Waals surface area contributed by atoms with Crippen molar-refractivity contribution in [3.05, 3.63) is 29.3 Å². The van der Waals surface area contributed by atoms with Gasteiger partial charge in [0.05, 0.1) is 12.2 Å². The lowest BCUT2D eigenvalue weighted by Crippen LogP contribution is -2.30.